The summed E-state index contributed by atoms with van der Waals surface area (Å²) in [6, 6.07) is 3.70. The molecule has 4 nitrogen and oxygen atoms in total. The van der Waals surface area contributed by atoms with Crippen molar-refractivity contribution in [1.82, 2.24) is 4.31 Å². The van der Waals surface area contributed by atoms with Gasteiger partial charge in [0, 0.05) is 19.1 Å². The first-order chi connectivity index (χ1) is 9.25. The van der Waals surface area contributed by atoms with Crippen LogP contribution in [0.25, 0.3) is 0 Å². The molecule has 0 aliphatic heterocycles. The summed E-state index contributed by atoms with van der Waals surface area (Å²) in [6.45, 7) is 5.67. The Morgan fingerprint density at radius 3 is 2.25 bits per heavy atom. The van der Waals surface area contributed by atoms with Crippen molar-refractivity contribution in [2.75, 3.05) is 13.6 Å². The summed E-state index contributed by atoms with van der Waals surface area (Å²) in [5.41, 5.74) is 5.59. The number of rotatable bonds is 6. The molecule has 0 radical (unpaired) electrons. The van der Waals surface area contributed by atoms with Crippen LogP contribution in [0.5, 0.6) is 0 Å². The first kappa shape index (κ1) is 17.1. The number of aryl methyl sites for hydroxylation is 1. The van der Waals surface area contributed by atoms with E-state index in [1.165, 1.54) is 23.5 Å². The number of hydrogen-bond acceptors (Lipinski definition) is 3. The summed E-state index contributed by atoms with van der Waals surface area (Å²) in [5, 5.41) is 0. The Morgan fingerprint density at radius 2 is 1.85 bits per heavy atom. The van der Waals surface area contributed by atoms with E-state index >= 15 is 0 Å². The van der Waals surface area contributed by atoms with E-state index < -0.39 is 21.4 Å². The van der Waals surface area contributed by atoms with E-state index in [-0.39, 0.29) is 11.4 Å². The van der Waals surface area contributed by atoms with E-state index in [9.17, 15) is 12.8 Å². The highest BCUT2D eigenvalue weighted by atomic mass is 32.2. The molecule has 1 aromatic carbocycles. The molecular formula is C14H23FN2O2S. The molecule has 0 bridgehead atoms. The summed E-state index contributed by atoms with van der Waals surface area (Å²) in [6.07, 6.45) is 1.24. The van der Waals surface area contributed by atoms with Crippen LogP contribution in [0.2, 0.25) is 0 Å². The van der Waals surface area contributed by atoms with Gasteiger partial charge in [-0.2, -0.15) is 4.31 Å². The minimum Gasteiger partial charge on any atom is -0.329 e. The molecule has 0 aromatic heterocycles. The summed E-state index contributed by atoms with van der Waals surface area (Å²) in [5.74, 6) is -0.444. The van der Waals surface area contributed by atoms with Gasteiger partial charge in [-0.1, -0.05) is 13.8 Å². The summed E-state index contributed by atoms with van der Waals surface area (Å²) in [7, 11) is -2.15. The van der Waals surface area contributed by atoms with Gasteiger partial charge < -0.3 is 5.73 Å². The second-order valence-corrected chi connectivity index (χ2v) is 6.96. The summed E-state index contributed by atoms with van der Waals surface area (Å²) < 4.78 is 39.9. The number of nitrogens with zero attached hydrogens (tertiary/aromatic N) is 1. The monoisotopic (exact) mass is 302 g/mol. The summed E-state index contributed by atoms with van der Waals surface area (Å²) in [4.78, 5) is 0.126. The van der Waals surface area contributed by atoms with Gasteiger partial charge in [-0.05, 0) is 43.5 Å². The van der Waals surface area contributed by atoms with Gasteiger partial charge in [0.15, 0.2) is 0 Å². The number of benzene rings is 1. The molecule has 114 valence electrons. The van der Waals surface area contributed by atoms with Crippen molar-refractivity contribution in [3.63, 3.8) is 0 Å². The van der Waals surface area contributed by atoms with E-state index in [4.69, 9.17) is 5.73 Å². The first-order valence-corrected chi connectivity index (χ1v) is 8.14. The Morgan fingerprint density at radius 1 is 1.30 bits per heavy atom. The van der Waals surface area contributed by atoms with Crippen molar-refractivity contribution in [3.05, 3.63) is 29.6 Å². The lowest BCUT2D eigenvalue weighted by molar-refractivity contribution is 0.208. The highest BCUT2D eigenvalue weighted by Gasteiger charge is 2.38. The van der Waals surface area contributed by atoms with Gasteiger partial charge >= 0.3 is 0 Å². The number of hydrogen-bond donors (Lipinski definition) is 1. The van der Waals surface area contributed by atoms with E-state index in [0.29, 0.717) is 18.4 Å². The van der Waals surface area contributed by atoms with Gasteiger partial charge in [0.2, 0.25) is 10.0 Å². The van der Waals surface area contributed by atoms with Crippen LogP contribution in [0.4, 0.5) is 4.39 Å². The molecule has 6 heteroatoms. The quantitative estimate of drug-likeness (QED) is 0.877. The van der Waals surface area contributed by atoms with Crippen molar-refractivity contribution < 1.29 is 12.8 Å². The minimum atomic E-state index is -3.69. The smallest absolute Gasteiger partial charge is 0.243 e. The van der Waals surface area contributed by atoms with E-state index in [1.807, 2.05) is 13.8 Å². The maximum absolute atomic E-state index is 13.1. The molecule has 0 saturated heterocycles. The van der Waals surface area contributed by atoms with Crippen LogP contribution < -0.4 is 5.73 Å². The molecule has 0 heterocycles. The first-order valence-electron chi connectivity index (χ1n) is 6.70. The molecule has 0 amide bonds. The van der Waals surface area contributed by atoms with Gasteiger partial charge in [0.05, 0.1) is 4.90 Å². The lowest BCUT2D eigenvalue weighted by atomic mass is 9.93. The second-order valence-electron chi connectivity index (χ2n) is 5.02. The Hall–Kier alpha value is -0.980. The SMILES string of the molecule is CCC(CC)(CN)N(C)S(=O)(=O)c1ccc(F)cc1C. The van der Waals surface area contributed by atoms with Gasteiger partial charge in [0.25, 0.3) is 0 Å². The van der Waals surface area contributed by atoms with Crippen LogP contribution in [-0.2, 0) is 10.0 Å². The number of likely N-dealkylation sites (N-methyl/N-ethyl adjacent to an activating group) is 1. The zero-order valence-corrected chi connectivity index (χ0v) is 13.3. The molecule has 0 aliphatic rings. The van der Waals surface area contributed by atoms with Crippen LogP contribution in [0, 0.1) is 12.7 Å². The topological polar surface area (TPSA) is 63.4 Å². The Kier molecular flexibility index (Phi) is 5.29. The van der Waals surface area contributed by atoms with E-state index in [2.05, 4.69) is 0 Å². The number of nitrogens with two attached hydrogens (primary N) is 1. The van der Waals surface area contributed by atoms with Gasteiger partial charge in [0.1, 0.15) is 5.82 Å². The largest absolute Gasteiger partial charge is 0.329 e. The average molecular weight is 302 g/mol. The molecule has 2 N–H and O–H groups in total. The third-order valence-corrected chi connectivity index (χ3v) is 6.26. The van der Waals surface area contributed by atoms with Gasteiger partial charge in [-0.25, -0.2) is 12.8 Å². The predicted octanol–water partition coefficient (Wildman–Crippen LogP) is 2.27. The summed E-state index contributed by atoms with van der Waals surface area (Å²) >= 11 is 0. The third kappa shape index (κ3) is 2.87. The number of halogens is 1. The molecule has 20 heavy (non-hydrogen) atoms. The van der Waals surface area contributed by atoms with Gasteiger partial charge in [-0.15, -0.1) is 0 Å². The highest BCUT2D eigenvalue weighted by Crippen LogP contribution is 2.29. The fourth-order valence-corrected chi connectivity index (χ4v) is 4.26. The van der Waals surface area contributed by atoms with Crippen LogP contribution in [0.3, 0.4) is 0 Å². The molecular weight excluding hydrogens is 279 g/mol. The lowest BCUT2D eigenvalue weighted by Gasteiger charge is -2.39. The Bertz CT molecular complexity index is 560. The Balaban J connectivity index is 3.35. The van der Waals surface area contributed by atoms with Crippen molar-refractivity contribution >= 4 is 10.0 Å². The van der Waals surface area contributed by atoms with Crippen LogP contribution in [0.1, 0.15) is 32.3 Å². The maximum atomic E-state index is 13.1. The zero-order valence-electron chi connectivity index (χ0n) is 12.5. The van der Waals surface area contributed by atoms with Crippen LogP contribution in [0.15, 0.2) is 23.1 Å². The molecule has 1 aromatic rings. The van der Waals surface area contributed by atoms with Crippen molar-refractivity contribution in [2.24, 2.45) is 5.73 Å². The fraction of sp³-hybridized carbons (Fsp3) is 0.571. The van der Waals surface area contributed by atoms with Crippen LogP contribution >= 0.6 is 0 Å². The number of sulfonamides is 1. The fourth-order valence-electron chi connectivity index (χ4n) is 2.42. The molecule has 0 atom stereocenters. The van der Waals surface area contributed by atoms with E-state index in [0.717, 1.165) is 6.07 Å². The molecule has 0 fully saturated rings. The molecule has 1 rings (SSSR count). The predicted molar refractivity (Wildman–Crippen MR) is 78.5 cm³/mol. The molecule has 0 unspecified atom stereocenters. The molecule has 0 spiro atoms. The molecule has 0 aliphatic carbocycles. The van der Waals surface area contributed by atoms with Crippen molar-refractivity contribution in [3.8, 4) is 0 Å². The lowest BCUT2D eigenvalue weighted by Crippen LogP contribution is -2.53. The molecule has 0 saturated carbocycles. The second kappa shape index (κ2) is 6.20. The zero-order chi connectivity index (χ0) is 15.6. The Labute approximate surface area is 120 Å². The highest BCUT2D eigenvalue weighted by molar-refractivity contribution is 7.89. The van der Waals surface area contributed by atoms with Crippen molar-refractivity contribution in [2.45, 2.75) is 44.0 Å². The van der Waals surface area contributed by atoms with Crippen molar-refractivity contribution in [1.29, 1.82) is 0 Å². The normalized spacial score (nSPS) is 12.9. The minimum absolute atomic E-state index is 0.126. The maximum Gasteiger partial charge on any atom is 0.243 e. The van der Waals surface area contributed by atoms with E-state index in [1.54, 1.807) is 6.92 Å². The third-order valence-electron chi connectivity index (χ3n) is 4.14. The average Bonchev–Trinajstić information content (AvgIpc) is 2.40. The standard InChI is InChI=1S/C14H23FN2O2S/c1-5-14(6-2,10-16)17(4)20(18,19)13-8-7-12(15)9-11(13)3/h7-9H,5-6,10,16H2,1-4H3. The van der Waals surface area contributed by atoms with Gasteiger partial charge in [-0.3, -0.25) is 0 Å². The van der Waals surface area contributed by atoms with Crippen LogP contribution in [-0.4, -0.2) is 31.9 Å².